The van der Waals surface area contributed by atoms with Gasteiger partial charge in [0.2, 0.25) is 0 Å². The quantitative estimate of drug-likeness (QED) is 0.484. The van der Waals surface area contributed by atoms with Crippen LogP contribution in [0.2, 0.25) is 0 Å². The Balaban J connectivity index is 1.87. The summed E-state index contributed by atoms with van der Waals surface area (Å²) in [7, 11) is 0. The van der Waals surface area contributed by atoms with Crippen molar-refractivity contribution in [3.63, 3.8) is 0 Å². The summed E-state index contributed by atoms with van der Waals surface area (Å²) in [6.07, 6.45) is 1.01. The molecule has 1 aromatic carbocycles. The molecule has 0 aliphatic heterocycles. The van der Waals surface area contributed by atoms with Crippen LogP contribution in [-0.2, 0) is 9.53 Å². The number of rotatable bonds is 5. The zero-order chi connectivity index (χ0) is 16.1. The Morgan fingerprint density at radius 1 is 1.45 bits per heavy atom. The first-order valence-electron chi connectivity index (χ1n) is 5.82. The van der Waals surface area contributed by atoms with Crippen LogP contribution in [0.25, 0.3) is 0 Å². The number of phenolic OH excluding ortho intramolecular Hbond substituents is 1. The maximum atomic E-state index is 11.6. The molecule has 2 rings (SSSR count). The number of esters is 1. The Hall–Kier alpha value is -3.01. The summed E-state index contributed by atoms with van der Waals surface area (Å²) in [6, 6.07) is 5.47. The van der Waals surface area contributed by atoms with E-state index in [9.17, 15) is 24.8 Å². The number of hydrogen-bond acceptors (Lipinski definition) is 8. The highest BCUT2D eigenvalue weighted by Gasteiger charge is 2.15. The molecule has 2 aromatic rings. The van der Waals surface area contributed by atoms with Gasteiger partial charge in [-0.3, -0.25) is 20.2 Å². The van der Waals surface area contributed by atoms with Gasteiger partial charge in [0.05, 0.1) is 10.5 Å². The van der Waals surface area contributed by atoms with Crippen LogP contribution in [0, 0.1) is 10.1 Å². The number of benzene rings is 1. The maximum Gasteiger partial charge on any atom is 0.345 e. The van der Waals surface area contributed by atoms with Gasteiger partial charge < -0.3 is 9.84 Å². The van der Waals surface area contributed by atoms with Crippen LogP contribution in [0.3, 0.4) is 0 Å². The van der Waals surface area contributed by atoms with Crippen molar-refractivity contribution in [2.75, 3.05) is 11.9 Å². The smallest absolute Gasteiger partial charge is 0.345 e. The van der Waals surface area contributed by atoms with Gasteiger partial charge in [0, 0.05) is 0 Å². The predicted octanol–water partition coefficient (Wildman–Crippen LogP) is 1.55. The summed E-state index contributed by atoms with van der Waals surface area (Å²) in [4.78, 5) is 36.7. The molecule has 1 heterocycles. The maximum absolute atomic E-state index is 11.6. The highest BCUT2D eigenvalue weighted by molar-refractivity contribution is 7.18. The largest absolute Gasteiger partial charge is 0.508 e. The fourth-order valence-electron chi connectivity index (χ4n) is 1.41. The fourth-order valence-corrected chi connectivity index (χ4v) is 2.06. The third-order valence-corrected chi connectivity index (χ3v) is 3.20. The number of phenols is 1. The van der Waals surface area contributed by atoms with E-state index in [-0.39, 0.29) is 21.4 Å². The minimum Gasteiger partial charge on any atom is -0.508 e. The molecule has 0 spiro atoms. The molecule has 0 aliphatic rings. The lowest BCUT2D eigenvalue weighted by molar-refractivity contribution is -0.380. The average molecular weight is 323 g/mol. The molecular formula is C12H9N3O6S. The molecule has 0 bridgehead atoms. The van der Waals surface area contributed by atoms with Gasteiger partial charge in [-0.05, 0) is 29.5 Å². The number of ether oxygens (including phenoxy) is 1. The Morgan fingerprint density at radius 2 is 2.23 bits per heavy atom. The number of anilines is 1. The Labute approximate surface area is 127 Å². The van der Waals surface area contributed by atoms with E-state index in [4.69, 9.17) is 4.74 Å². The molecule has 0 radical (unpaired) electrons. The number of hydrogen-bond donors (Lipinski definition) is 2. The second kappa shape index (κ2) is 6.63. The molecule has 0 saturated carbocycles. The molecule has 114 valence electrons. The number of nitrogens with zero attached hydrogens (tertiary/aromatic N) is 2. The molecule has 0 aliphatic carbocycles. The van der Waals surface area contributed by atoms with Crippen LogP contribution in [0.4, 0.5) is 10.1 Å². The summed E-state index contributed by atoms with van der Waals surface area (Å²) in [5, 5.41) is 21.8. The van der Waals surface area contributed by atoms with E-state index in [1.54, 1.807) is 0 Å². The lowest BCUT2D eigenvalue weighted by Gasteiger charge is -2.04. The molecule has 0 fully saturated rings. The third kappa shape index (κ3) is 3.99. The number of thiazole rings is 1. The van der Waals surface area contributed by atoms with Crippen LogP contribution in [0.5, 0.6) is 5.75 Å². The van der Waals surface area contributed by atoms with E-state index in [0.717, 1.165) is 6.20 Å². The van der Waals surface area contributed by atoms with Crippen LogP contribution in [0.15, 0.2) is 30.5 Å². The average Bonchev–Trinajstić information content (AvgIpc) is 2.93. The summed E-state index contributed by atoms with van der Waals surface area (Å²) >= 11 is 0.686. The molecule has 0 saturated heterocycles. The highest BCUT2D eigenvalue weighted by atomic mass is 32.1. The number of aromatic nitrogens is 1. The molecule has 10 heteroatoms. The molecule has 1 aromatic heterocycles. The molecule has 22 heavy (non-hydrogen) atoms. The molecule has 1 amide bonds. The molecular weight excluding hydrogens is 314 g/mol. The monoisotopic (exact) mass is 323 g/mol. The lowest BCUT2D eigenvalue weighted by Crippen LogP contribution is -2.20. The van der Waals surface area contributed by atoms with E-state index >= 15 is 0 Å². The first-order valence-corrected chi connectivity index (χ1v) is 6.63. The molecule has 9 nitrogen and oxygen atoms in total. The number of carbonyl (C=O) groups excluding carboxylic acids is 2. The first-order chi connectivity index (χ1) is 10.5. The number of aromatic hydroxyl groups is 1. The second-order valence-electron chi connectivity index (χ2n) is 3.94. The zero-order valence-electron chi connectivity index (χ0n) is 10.9. The summed E-state index contributed by atoms with van der Waals surface area (Å²) < 4.78 is 4.75. The van der Waals surface area contributed by atoms with E-state index in [1.807, 2.05) is 0 Å². The van der Waals surface area contributed by atoms with Crippen molar-refractivity contribution < 1.29 is 24.4 Å². The number of nitro groups is 1. The van der Waals surface area contributed by atoms with Crippen LogP contribution < -0.4 is 5.32 Å². The Kier molecular flexibility index (Phi) is 4.63. The minimum absolute atomic E-state index is 0.0325. The lowest BCUT2D eigenvalue weighted by atomic mass is 10.2. The Bertz CT molecular complexity index is 729. The van der Waals surface area contributed by atoms with E-state index < -0.39 is 23.4 Å². The van der Waals surface area contributed by atoms with Gasteiger partial charge in [0.1, 0.15) is 11.9 Å². The van der Waals surface area contributed by atoms with Crippen LogP contribution in [0.1, 0.15) is 10.4 Å². The Morgan fingerprint density at radius 3 is 2.86 bits per heavy atom. The van der Waals surface area contributed by atoms with Gasteiger partial charge in [0.15, 0.2) is 11.7 Å². The number of carbonyl (C=O) groups is 2. The topological polar surface area (TPSA) is 132 Å². The summed E-state index contributed by atoms with van der Waals surface area (Å²) in [6.45, 7) is -0.581. The van der Waals surface area contributed by atoms with Crippen molar-refractivity contribution >= 4 is 33.3 Å². The van der Waals surface area contributed by atoms with Gasteiger partial charge in [0.25, 0.3) is 5.91 Å². The van der Waals surface area contributed by atoms with Crippen LogP contribution >= 0.6 is 11.3 Å². The van der Waals surface area contributed by atoms with Crippen molar-refractivity contribution in [3.8, 4) is 5.75 Å². The zero-order valence-corrected chi connectivity index (χ0v) is 11.7. The number of amides is 1. The van der Waals surface area contributed by atoms with Gasteiger partial charge in [-0.2, -0.15) is 0 Å². The van der Waals surface area contributed by atoms with E-state index in [1.165, 1.54) is 24.3 Å². The molecule has 0 atom stereocenters. The first kappa shape index (κ1) is 15.4. The van der Waals surface area contributed by atoms with Crippen molar-refractivity contribution in [2.24, 2.45) is 0 Å². The van der Waals surface area contributed by atoms with E-state index in [2.05, 4.69) is 10.3 Å². The van der Waals surface area contributed by atoms with Gasteiger partial charge in [-0.15, -0.1) is 0 Å². The minimum atomic E-state index is -0.781. The molecule has 0 unspecified atom stereocenters. The van der Waals surface area contributed by atoms with Crippen molar-refractivity contribution in [1.29, 1.82) is 0 Å². The van der Waals surface area contributed by atoms with Gasteiger partial charge >= 0.3 is 11.0 Å². The summed E-state index contributed by atoms with van der Waals surface area (Å²) in [5.74, 6) is -1.57. The van der Waals surface area contributed by atoms with Crippen molar-refractivity contribution in [3.05, 3.63) is 46.1 Å². The SMILES string of the molecule is O=C(COC(=O)c1cccc(O)c1)Nc1ncc([N+](=O)[O-])s1. The number of nitrogens with one attached hydrogen (secondary N) is 1. The van der Waals surface area contributed by atoms with Crippen LogP contribution in [-0.4, -0.2) is 33.5 Å². The van der Waals surface area contributed by atoms with Crippen molar-refractivity contribution in [2.45, 2.75) is 0 Å². The van der Waals surface area contributed by atoms with E-state index in [0.29, 0.717) is 11.3 Å². The second-order valence-corrected chi connectivity index (χ2v) is 4.94. The predicted molar refractivity (Wildman–Crippen MR) is 75.8 cm³/mol. The molecule has 2 N–H and O–H groups in total. The standard InChI is InChI=1S/C12H9N3O6S/c16-8-3-1-2-7(4-8)11(18)21-6-9(17)14-12-13-5-10(22-12)15(19)20/h1-5,16H,6H2,(H,13,14,17). The van der Waals surface area contributed by atoms with Gasteiger partial charge in [-0.1, -0.05) is 6.07 Å². The summed E-state index contributed by atoms with van der Waals surface area (Å²) in [5.41, 5.74) is 0.0951. The fraction of sp³-hybridized carbons (Fsp3) is 0.0833. The normalized spacial score (nSPS) is 10.0. The third-order valence-electron chi connectivity index (χ3n) is 2.34. The van der Waals surface area contributed by atoms with Gasteiger partial charge in [-0.25, -0.2) is 9.78 Å². The highest BCUT2D eigenvalue weighted by Crippen LogP contribution is 2.24. The van der Waals surface area contributed by atoms with Crippen molar-refractivity contribution in [1.82, 2.24) is 4.98 Å².